The third-order valence-corrected chi connectivity index (χ3v) is 4.94. The molecule has 150 valence electrons. The number of carbonyl (C=O) groups is 1. The second-order valence-corrected chi connectivity index (χ2v) is 7.44. The third kappa shape index (κ3) is 5.89. The summed E-state index contributed by atoms with van der Waals surface area (Å²) in [4.78, 5) is 14.4. The first kappa shape index (κ1) is 20.5. The first-order valence-corrected chi connectivity index (χ1v) is 9.98. The number of aromatic nitrogens is 3. The Kier molecular flexibility index (Phi) is 7.59. The number of amides is 1. The second kappa shape index (κ2) is 10.4. The Bertz CT molecular complexity index is 793. The number of benzene rings is 1. The van der Waals surface area contributed by atoms with E-state index in [-0.39, 0.29) is 18.6 Å². The lowest BCUT2D eigenvalue weighted by molar-refractivity contribution is 0.0946. The molecule has 2 heterocycles. The SMILES string of the molecule is O=C(NCCCO)c1cn([C@@H]2CCCN(C/C(Cl)=C/c3ccccc3)C2)nn1. The van der Waals surface area contributed by atoms with Crippen LogP contribution in [-0.2, 0) is 0 Å². The molecular formula is C20H26ClN5O2. The largest absolute Gasteiger partial charge is 0.396 e. The molecule has 0 aliphatic carbocycles. The van der Waals surface area contributed by atoms with Crippen molar-refractivity contribution < 1.29 is 9.90 Å². The molecule has 3 rings (SSSR count). The fraction of sp³-hybridized carbons (Fsp3) is 0.450. The minimum atomic E-state index is -0.263. The average Bonchev–Trinajstić information content (AvgIpc) is 3.19. The highest BCUT2D eigenvalue weighted by Gasteiger charge is 2.23. The number of hydrogen-bond donors (Lipinski definition) is 2. The van der Waals surface area contributed by atoms with Crippen LogP contribution in [0.4, 0.5) is 0 Å². The molecule has 8 heteroatoms. The van der Waals surface area contributed by atoms with Crippen LogP contribution in [0, 0.1) is 0 Å². The maximum absolute atomic E-state index is 12.1. The number of aliphatic hydroxyl groups is 1. The monoisotopic (exact) mass is 403 g/mol. The quantitative estimate of drug-likeness (QED) is 0.661. The first-order chi connectivity index (χ1) is 13.7. The van der Waals surface area contributed by atoms with Crippen molar-refractivity contribution in [2.45, 2.75) is 25.3 Å². The van der Waals surface area contributed by atoms with Crippen molar-refractivity contribution in [3.8, 4) is 0 Å². The lowest BCUT2D eigenvalue weighted by Gasteiger charge is -2.32. The van der Waals surface area contributed by atoms with Crippen molar-refractivity contribution in [3.63, 3.8) is 0 Å². The molecule has 0 radical (unpaired) electrons. The maximum Gasteiger partial charge on any atom is 0.273 e. The predicted octanol–water partition coefficient (Wildman–Crippen LogP) is 2.31. The predicted molar refractivity (Wildman–Crippen MR) is 109 cm³/mol. The molecule has 0 bridgehead atoms. The van der Waals surface area contributed by atoms with Crippen LogP contribution in [-0.4, -0.2) is 63.7 Å². The molecule has 0 saturated carbocycles. The Balaban J connectivity index is 1.56. The van der Waals surface area contributed by atoms with Gasteiger partial charge in [-0.3, -0.25) is 9.69 Å². The molecule has 2 N–H and O–H groups in total. The van der Waals surface area contributed by atoms with Crippen molar-refractivity contribution >= 4 is 23.6 Å². The second-order valence-electron chi connectivity index (χ2n) is 6.95. The molecular weight excluding hydrogens is 378 g/mol. The molecule has 1 aromatic heterocycles. The Labute approximate surface area is 170 Å². The van der Waals surface area contributed by atoms with E-state index in [9.17, 15) is 4.79 Å². The first-order valence-electron chi connectivity index (χ1n) is 9.60. The molecule has 1 aromatic carbocycles. The van der Waals surface area contributed by atoms with Gasteiger partial charge in [0.2, 0.25) is 0 Å². The van der Waals surface area contributed by atoms with Gasteiger partial charge in [-0.05, 0) is 37.4 Å². The lowest BCUT2D eigenvalue weighted by atomic mass is 10.1. The molecule has 7 nitrogen and oxygen atoms in total. The summed E-state index contributed by atoms with van der Waals surface area (Å²) in [6.07, 6.45) is 6.25. The third-order valence-electron chi connectivity index (χ3n) is 4.72. The van der Waals surface area contributed by atoms with Crippen molar-refractivity contribution in [1.29, 1.82) is 0 Å². The smallest absolute Gasteiger partial charge is 0.273 e. The standard InChI is InChI=1S/C20H26ClN5O2/c21-17(12-16-6-2-1-3-7-16)13-25-10-4-8-18(14-25)26-15-19(23-24-26)20(28)22-9-5-11-27/h1-3,6-7,12,15,18,27H,4-5,8-11,13-14H2,(H,22,28)/b17-12-/t18-/m1/s1. The van der Waals surface area contributed by atoms with Gasteiger partial charge in [0.25, 0.3) is 5.91 Å². The number of nitrogens with zero attached hydrogens (tertiary/aromatic N) is 4. The summed E-state index contributed by atoms with van der Waals surface area (Å²) in [5.41, 5.74) is 1.39. The number of aliphatic hydroxyl groups excluding tert-OH is 1. The lowest BCUT2D eigenvalue weighted by Crippen LogP contribution is -2.37. The van der Waals surface area contributed by atoms with Crippen LogP contribution in [0.2, 0.25) is 0 Å². The molecule has 0 spiro atoms. The maximum atomic E-state index is 12.1. The Hall–Kier alpha value is -2.22. The topological polar surface area (TPSA) is 83.3 Å². The van der Waals surface area contributed by atoms with Crippen molar-refractivity contribution in [1.82, 2.24) is 25.2 Å². The molecule has 1 amide bonds. The van der Waals surface area contributed by atoms with Crippen LogP contribution in [0.3, 0.4) is 0 Å². The van der Waals surface area contributed by atoms with Crippen LogP contribution in [0.25, 0.3) is 6.08 Å². The van der Waals surface area contributed by atoms with E-state index in [1.807, 2.05) is 36.4 Å². The Morgan fingerprint density at radius 1 is 1.36 bits per heavy atom. The normalized spacial score (nSPS) is 18.2. The van der Waals surface area contributed by atoms with Gasteiger partial charge in [0.1, 0.15) is 0 Å². The number of piperidine rings is 1. The zero-order valence-electron chi connectivity index (χ0n) is 15.8. The van der Waals surface area contributed by atoms with Crippen molar-refractivity contribution in [3.05, 3.63) is 52.8 Å². The van der Waals surface area contributed by atoms with Crippen LogP contribution < -0.4 is 5.32 Å². The van der Waals surface area contributed by atoms with E-state index in [4.69, 9.17) is 16.7 Å². The fourth-order valence-electron chi connectivity index (χ4n) is 3.31. The summed E-state index contributed by atoms with van der Waals surface area (Å²) in [6.45, 7) is 2.96. The van der Waals surface area contributed by atoms with E-state index in [1.165, 1.54) is 0 Å². The summed E-state index contributed by atoms with van der Waals surface area (Å²) < 4.78 is 1.78. The number of likely N-dealkylation sites (tertiary alicyclic amines) is 1. The van der Waals surface area contributed by atoms with Crippen molar-refractivity contribution in [2.24, 2.45) is 0 Å². The van der Waals surface area contributed by atoms with Gasteiger partial charge in [0.05, 0.1) is 12.2 Å². The Morgan fingerprint density at radius 2 is 2.18 bits per heavy atom. The van der Waals surface area contributed by atoms with E-state index >= 15 is 0 Å². The molecule has 0 unspecified atom stereocenters. The molecule has 1 aliphatic heterocycles. The van der Waals surface area contributed by atoms with Gasteiger partial charge >= 0.3 is 0 Å². The molecule has 1 saturated heterocycles. The number of rotatable bonds is 8. The highest BCUT2D eigenvalue weighted by atomic mass is 35.5. The van der Waals surface area contributed by atoms with E-state index in [1.54, 1.807) is 10.9 Å². The average molecular weight is 404 g/mol. The number of halogens is 1. The highest BCUT2D eigenvalue weighted by Crippen LogP contribution is 2.22. The van der Waals surface area contributed by atoms with Gasteiger partial charge in [-0.1, -0.05) is 47.1 Å². The van der Waals surface area contributed by atoms with E-state index < -0.39 is 0 Å². The number of nitrogens with one attached hydrogen (secondary N) is 1. The van der Waals surface area contributed by atoms with E-state index in [0.29, 0.717) is 25.2 Å². The summed E-state index contributed by atoms with van der Waals surface area (Å²) >= 11 is 6.46. The van der Waals surface area contributed by atoms with E-state index in [0.717, 1.165) is 36.5 Å². The Morgan fingerprint density at radius 3 is 2.96 bits per heavy atom. The van der Waals surface area contributed by atoms with Crippen molar-refractivity contribution in [2.75, 3.05) is 32.8 Å². The van der Waals surface area contributed by atoms with Gasteiger partial charge < -0.3 is 10.4 Å². The van der Waals surface area contributed by atoms with Gasteiger partial charge in [-0.2, -0.15) is 0 Å². The summed E-state index contributed by atoms with van der Waals surface area (Å²) in [6, 6.07) is 10.2. The van der Waals surface area contributed by atoms with E-state index in [2.05, 4.69) is 20.5 Å². The fourth-order valence-corrected chi connectivity index (χ4v) is 3.61. The summed E-state index contributed by atoms with van der Waals surface area (Å²) in [7, 11) is 0. The van der Waals surface area contributed by atoms with Gasteiger partial charge in [-0.15, -0.1) is 5.10 Å². The highest BCUT2D eigenvalue weighted by molar-refractivity contribution is 6.31. The zero-order chi connectivity index (χ0) is 19.8. The van der Waals surface area contributed by atoms with Crippen LogP contribution >= 0.6 is 11.6 Å². The molecule has 1 atom stereocenters. The summed E-state index contributed by atoms with van der Waals surface area (Å²) in [5, 5.41) is 20.5. The molecule has 28 heavy (non-hydrogen) atoms. The molecule has 2 aromatic rings. The van der Waals surface area contributed by atoms with Crippen LogP contribution in [0.1, 0.15) is 41.4 Å². The van der Waals surface area contributed by atoms with Gasteiger partial charge in [0.15, 0.2) is 5.69 Å². The minimum absolute atomic E-state index is 0.0478. The van der Waals surface area contributed by atoms with Crippen LogP contribution in [0.15, 0.2) is 41.6 Å². The zero-order valence-corrected chi connectivity index (χ0v) is 16.6. The van der Waals surface area contributed by atoms with Gasteiger partial charge in [0, 0.05) is 31.3 Å². The van der Waals surface area contributed by atoms with Gasteiger partial charge in [-0.25, -0.2) is 4.68 Å². The molecule has 1 aliphatic rings. The number of hydrogen-bond acceptors (Lipinski definition) is 5. The summed E-state index contributed by atoms with van der Waals surface area (Å²) in [5.74, 6) is -0.263. The van der Waals surface area contributed by atoms with Crippen LogP contribution in [0.5, 0.6) is 0 Å². The molecule has 1 fully saturated rings. The minimum Gasteiger partial charge on any atom is -0.396 e. The number of carbonyl (C=O) groups excluding carboxylic acids is 1.